The molecule has 37 heavy (non-hydrogen) atoms. The third kappa shape index (κ3) is 6.64. The van der Waals surface area contributed by atoms with E-state index in [0.29, 0.717) is 28.1 Å². The second-order valence-corrected chi connectivity index (χ2v) is 9.51. The SMILES string of the molecule is O=C(O)CCNC(=O)c1ccc(-c2cc(Cl)ccc2C(=O)NC2(Cl)C=CC(c3ccccc3)=CC2)cn1. The number of aromatic nitrogens is 1. The Hall–Kier alpha value is -3.94. The number of nitrogens with zero attached hydrogens (tertiary/aromatic N) is 1. The van der Waals surface area contributed by atoms with Gasteiger partial charge in [0.2, 0.25) is 0 Å². The molecule has 3 N–H and O–H groups in total. The minimum atomic E-state index is -1.09. The van der Waals surface area contributed by atoms with Gasteiger partial charge in [-0.15, -0.1) is 0 Å². The summed E-state index contributed by atoms with van der Waals surface area (Å²) in [6.45, 7) is -0.00708. The van der Waals surface area contributed by atoms with Gasteiger partial charge in [-0.25, -0.2) is 0 Å². The fourth-order valence-corrected chi connectivity index (χ4v) is 4.22. The molecule has 0 radical (unpaired) electrons. The van der Waals surface area contributed by atoms with Crippen LogP contribution in [0.2, 0.25) is 5.02 Å². The van der Waals surface area contributed by atoms with Crippen molar-refractivity contribution in [2.45, 2.75) is 17.8 Å². The van der Waals surface area contributed by atoms with E-state index in [-0.39, 0.29) is 18.7 Å². The van der Waals surface area contributed by atoms with Crippen LogP contribution in [0.15, 0.2) is 85.1 Å². The Morgan fingerprint density at radius 1 is 1.00 bits per heavy atom. The molecule has 188 valence electrons. The molecule has 0 saturated carbocycles. The van der Waals surface area contributed by atoms with E-state index in [1.807, 2.05) is 42.5 Å². The molecule has 1 heterocycles. The van der Waals surface area contributed by atoms with Crippen LogP contribution in [0, 0.1) is 0 Å². The number of carboxylic acid groups (broad SMARTS) is 1. The minimum absolute atomic E-state index is 0.00708. The lowest BCUT2D eigenvalue weighted by atomic mass is 9.96. The normalized spacial score (nSPS) is 16.5. The van der Waals surface area contributed by atoms with E-state index < -0.39 is 22.8 Å². The predicted molar refractivity (Wildman–Crippen MR) is 143 cm³/mol. The molecule has 9 heteroatoms. The highest BCUT2D eigenvalue weighted by Crippen LogP contribution is 2.32. The molecule has 4 rings (SSSR count). The van der Waals surface area contributed by atoms with Gasteiger partial charge in [0.15, 0.2) is 0 Å². The number of carbonyl (C=O) groups excluding carboxylic acids is 2. The number of alkyl halides is 1. The van der Waals surface area contributed by atoms with Crippen LogP contribution in [0.1, 0.15) is 39.3 Å². The summed E-state index contributed by atoms with van der Waals surface area (Å²) in [4.78, 5) is 39.2. The number of benzene rings is 2. The quantitative estimate of drug-likeness (QED) is 0.267. The van der Waals surface area contributed by atoms with Crippen LogP contribution in [0.5, 0.6) is 0 Å². The van der Waals surface area contributed by atoms with Gasteiger partial charge in [0.1, 0.15) is 10.7 Å². The first-order valence-electron chi connectivity index (χ1n) is 11.5. The number of pyridine rings is 1. The lowest BCUT2D eigenvalue weighted by Gasteiger charge is -2.27. The maximum atomic E-state index is 13.3. The fourth-order valence-electron chi connectivity index (χ4n) is 3.82. The summed E-state index contributed by atoms with van der Waals surface area (Å²) in [5.74, 6) is -1.89. The van der Waals surface area contributed by atoms with Crippen molar-refractivity contribution in [3.63, 3.8) is 0 Å². The zero-order valence-electron chi connectivity index (χ0n) is 19.6. The second-order valence-electron chi connectivity index (χ2n) is 8.40. The molecule has 1 aliphatic rings. The van der Waals surface area contributed by atoms with Gasteiger partial charge in [0.05, 0.1) is 6.42 Å². The van der Waals surface area contributed by atoms with Crippen LogP contribution < -0.4 is 10.6 Å². The first-order valence-corrected chi connectivity index (χ1v) is 12.2. The lowest BCUT2D eigenvalue weighted by Crippen LogP contribution is -2.42. The summed E-state index contributed by atoms with van der Waals surface area (Å²) in [5, 5.41) is 14.5. The van der Waals surface area contributed by atoms with Crippen LogP contribution in [0.25, 0.3) is 16.7 Å². The van der Waals surface area contributed by atoms with Gasteiger partial charge < -0.3 is 15.7 Å². The van der Waals surface area contributed by atoms with Crippen molar-refractivity contribution in [1.82, 2.24) is 15.6 Å². The zero-order chi connectivity index (χ0) is 26.4. The number of nitrogens with one attached hydrogen (secondary N) is 2. The highest BCUT2D eigenvalue weighted by atomic mass is 35.5. The molecule has 0 aliphatic heterocycles. The first-order chi connectivity index (χ1) is 17.7. The largest absolute Gasteiger partial charge is 0.481 e. The van der Waals surface area contributed by atoms with Crippen LogP contribution in [0.4, 0.5) is 0 Å². The number of carbonyl (C=O) groups is 3. The van der Waals surface area contributed by atoms with Crippen molar-refractivity contribution in [3.8, 4) is 11.1 Å². The van der Waals surface area contributed by atoms with E-state index in [1.54, 1.807) is 30.3 Å². The van der Waals surface area contributed by atoms with Gasteiger partial charge in [-0.1, -0.05) is 71.8 Å². The zero-order valence-corrected chi connectivity index (χ0v) is 21.1. The van der Waals surface area contributed by atoms with Crippen molar-refractivity contribution in [2.75, 3.05) is 6.54 Å². The van der Waals surface area contributed by atoms with E-state index in [4.69, 9.17) is 28.3 Å². The second kappa shape index (κ2) is 11.4. The number of amides is 2. The molecule has 1 aliphatic carbocycles. The summed E-state index contributed by atoms with van der Waals surface area (Å²) in [5.41, 5.74) is 3.65. The van der Waals surface area contributed by atoms with Crippen LogP contribution in [-0.4, -0.2) is 39.4 Å². The highest BCUT2D eigenvalue weighted by Gasteiger charge is 2.29. The van der Waals surface area contributed by atoms with E-state index in [2.05, 4.69) is 15.6 Å². The van der Waals surface area contributed by atoms with Crippen molar-refractivity contribution < 1.29 is 19.5 Å². The summed E-state index contributed by atoms with van der Waals surface area (Å²) < 4.78 is 0. The monoisotopic (exact) mass is 535 g/mol. The standard InChI is InChI=1S/C28H23Cl2N3O4/c29-21-7-8-22(23(16-21)20-6-9-24(32-17-20)27(37)31-15-12-25(34)35)26(36)33-28(30)13-10-19(11-14-28)18-4-2-1-3-5-18/h1-11,13,16-17H,12,14-15H2,(H,31,37)(H,33,36)(H,34,35). The Morgan fingerprint density at radius 2 is 1.78 bits per heavy atom. The van der Waals surface area contributed by atoms with E-state index in [0.717, 1.165) is 11.1 Å². The molecule has 2 aromatic carbocycles. The van der Waals surface area contributed by atoms with Crippen LogP contribution in [-0.2, 0) is 4.79 Å². The minimum Gasteiger partial charge on any atom is -0.481 e. The Morgan fingerprint density at radius 3 is 2.43 bits per heavy atom. The average Bonchev–Trinajstić information content (AvgIpc) is 2.89. The summed E-state index contributed by atoms with van der Waals surface area (Å²) >= 11 is 13.0. The topological polar surface area (TPSA) is 108 Å². The van der Waals surface area contributed by atoms with Crippen molar-refractivity contribution in [2.24, 2.45) is 0 Å². The molecular formula is C28H23Cl2N3O4. The maximum absolute atomic E-state index is 13.3. The van der Waals surface area contributed by atoms with Crippen LogP contribution >= 0.6 is 23.2 Å². The number of aliphatic carboxylic acids is 1. The lowest BCUT2D eigenvalue weighted by molar-refractivity contribution is -0.136. The van der Waals surface area contributed by atoms with Crippen molar-refractivity contribution in [1.29, 1.82) is 0 Å². The van der Waals surface area contributed by atoms with Gasteiger partial charge in [-0.3, -0.25) is 19.4 Å². The Balaban J connectivity index is 1.50. The summed E-state index contributed by atoms with van der Waals surface area (Å²) in [6.07, 6.45) is 7.31. The predicted octanol–water partition coefficient (Wildman–Crippen LogP) is 5.31. The summed E-state index contributed by atoms with van der Waals surface area (Å²) in [7, 11) is 0. The summed E-state index contributed by atoms with van der Waals surface area (Å²) in [6, 6.07) is 17.9. The van der Waals surface area contributed by atoms with Gasteiger partial charge in [0.25, 0.3) is 11.8 Å². The number of hydrogen-bond acceptors (Lipinski definition) is 4. The molecular weight excluding hydrogens is 513 g/mol. The van der Waals surface area contributed by atoms with Crippen molar-refractivity contribution >= 4 is 46.6 Å². The fraction of sp³-hybridized carbons (Fsp3) is 0.143. The number of allylic oxidation sites excluding steroid dienone is 2. The maximum Gasteiger partial charge on any atom is 0.305 e. The van der Waals surface area contributed by atoms with Gasteiger partial charge in [-0.05, 0) is 47.0 Å². The Labute approximate surface area is 223 Å². The molecule has 2 amide bonds. The van der Waals surface area contributed by atoms with Crippen LogP contribution in [0.3, 0.4) is 0 Å². The molecule has 3 aromatic rings. The van der Waals surface area contributed by atoms with E-state index >= 15 is 0 Å². The number of halogens is 2. The number of carboxylic acids is 1. The first kappa shape index (κ1) is 26.1. The van der Waals surface area contributed by atoms with Crippen molar-refractivity contribution in [3.05, 3.63) is 107 Å². The molecule has 1 aromatic heterocycles. The van der Waals surface area contributed by atoms with E-state index in [1.165, 1.54) is 12.3 Å². The highest BCUT2D eigenvalue weighted by molar-refractivity contribution is 6.31. The Bertz CT molecular complexity index is 1390. The molecule has 0 saturated heterocycles. The molecule has 0 bridgehead atoms. The smallest absolute Gasteiger partial charge is 0.305 e. The molecule has 0 spiro atoms. The molecule has 1 atom stereocenters. The Kier molecular flexibility index (Phi) is 8.06. The molecule has 1 unspecified atom stereocenters. The molecule has 0 fully saturated rings. The van der Waals surface area contributed by atoms with E-state index in [9.17, 15) is 14.4 Å². The molecule has 7 nitrogen and oxygen atoms in total. The average molecular weight is 536 g/mol. The number of hydrogen-bond donors (Lipinski definition) is 3. The van der Waals surface area contributed by atoms with Gasteiger partial charge in [-0.2, -0.15) is 0 Å². The van der Waals surface area contributed by atoms with Gasteiger partial charge >= 0.3 is 5.97 Å². The third-order valence-electron chi connectivity index (χ3n) is 5.73. The number of rotatable bonds is 8. The third-order valence-corrected chi connectivity index (χ3v) is 6.34. The van der Waals surface area contributed by atoms with Gasteiger partial charge in [0, 0.05) is 35.3 Å².